The standard InChI is InChI=1S/C8H18O4.CH4/c1-3-8(6-7(2)9)11-4-5-12-10;/h7-10H,3-6H2,1-2H3;1H4. The van der Waals surface area contributed by atoms with Crippen molar-refractivity contribution in [1.82, 2.24) is 0 Å². The maximum Gasteiger partial charge on any atom is 0.105 e. The summed E-state index contributed by atoms with van der Waals surface area (Å²) in [6, 6.07) is 0. The summed E-state index contributed by atoms with van der Waals surface area (Å²) in [6.45, 7) is 4.26. The lowest BCUT2D eigenvalue weighted by atomic mass is 10.1. The molecule has 0 rings (SSSR count). The largest absolute Gasteiger partial charge is 0.393 e. The van der Waals surface area contributed by atoms with Crippen LogP contribution in [0.5, 0.6) is 0 Å². The summed E-state index contributed by atoms with van der Waals surface area (Å²) >= 11 is 0. The molecule has 2 atom stereocenters. The van der Waals surface area contributed by atoms with Gasteiger partial charge in [-0.1, -0.05) is 14.4 Å². The predicted octanol–water partition coefficient (Wildman–Crippen LogP) is 1.68. The van der Waals surface area contributed by atoms with E-state index < -0.39 is 0 Å². The Morgan fingerprint density at radius 1 is 1.31 bits per heavy atom. The van der Waals surface area contributed by atoms with Crippen LogP contribution < -0.4 is 0 Å². The zero-order valence-electron chi connectivity index (χ0n) is 7.69. The molecule has 0 bridgehead atoms. The van der Waals surface area contributed by atoms with E-state index >= 15 is 0 Å². The Bertz CT molecular complexity index is 95.6. The maximum absolute atomic E-state index is 9.05. The fourth-order valence-electron chi connectivity index (χ4n) is 0.985. The number of aliphatic hydroxyl groups is 1. The molecular weight excluding hydrogens is 172 g/mol. The first-order valence-corrected chi connectivity index (χ1v) is 4.26. The van der Waals surface area contributed by atoms with Gasteiger partial charge in [0.1, 0.15) is 6.61 Å². The molecule has 0 fully saturated rings. The molecule has 0 aliphatic rings. The molecule has 4 nitrogen and oxygen atoms in total. The van der Waals surface area contributed by atoms with E-state index in [4.69, 9.17) is 15.1 Å². The minimum absolute atomic E-state index is 0. The molecule has 2 unspecified atom stereocenters. The summed E-state index contributed by atoms with van der Waals surface area (Å²) in [4.78, 5) is 3.85. The van der Waals surface area contributed by atoms with E-state index in [-0.39, 0.29) is 26.2 Å². The Balaban J connectivity index is 0. The van der Waals surface area contributed by atoms with E-state index in [1.165, 1.54) is 0 Å². The fraction of sp³-hybridized carbons (Fsp3) is 1.00. The molecule has 2 N–H and O–H groups in total. The topological polar surface area (TPSA) is 58.9 Å². The summed E-state index contributed by atoms with van der Waals surface area (Å²) in [5, 5.41) is 17.1. The third-order valence-corrected chi connectivity index (χ3v) is 1.59. The molecule has 0 aromatic carbocycles. The molecule has 0 heterocycles. The van der Waals surface area contributed by atoms with Gasteiger partial charge in [-0.05, 0) is 19.8 Å². The van der Waals surface area contributed by atoms with Crippen molar-refractivity contribution >= 4 is 0 Å². The normalized spacial score (nSPS) is 14.8. The zero-order valence-corrected chi connectivity index (χ0v) is 7.69. The van der Waals surface area contributed by atoms with Gasteiger partial charge in [0.2, 0.25) is 0 Å². The molecule has 0 aromatic rings. The molecular formula is C9H22O4. The van der Waals surface area contributed by atoms with E-state index in [1.807, 2.05) is 6.92 Å². The van der Waals surface area contributed by atoms with Crippen molar-refractivity contribution in [1.29, 1.82) is 0 Å². The molecule has 4 heteroatoms. The molecule has 0 saturated heterocycles. The summed E-state index contributed by atoms with van der Waals surface area (Å²) in [6.07, 6.45) is 1.20. The van der Waals surface area contributed by atoms with E-state index in [2.05, 4.69) is 4.89 Å². The molecule has 0 aromatic heterocycles. The number of rotatable bonds is 7. The first-order valence-electron chi connectivity index (χ1n) is 4.26. The van der Waals surface area contributed by atoms with Crippen LogP contribution in [0.1, 0.15) is 34.1 Å². The van der Waals surface area contributed by atoms with Crippen LogP contribution in [-0.4, -0.2) is 35.8 Å². The third-order valence-electron chi connectivity index (χ3n) is 1.59. The van der Waals surface area contributed by atoms with Crippen molar-refractivity contribution in [2.75, 3.05) is 13.2 Å². The lowest BCUT2D eigenvalue weighted by molar-refractivity contribution is -0.251. The SMILES string of the molecule is C.CCC(CC(C)O)OCCOO. The Hall–Kier alpha value is -0.160. The van der Waals surface area contributed by atoms with Crippen LogP contribution in [0.4, 0.5) is 0 Å². The Morgan fingerprint density at radius 3 is 2.31 bits per heavy atom. The van der Waals surface area contributed by atoms with Crippen LogP contribution in [-0.2, 0) is 9.62 Å². The number of aliphatic hydroxyl groups excluding tert-OH is 1. The van der Waals surface area contributed by atoms with Crippen LogP contribution >= 0.6 is 0 Å². The lowest BCUT2D eigenvalue weighted by Crippen LogP contribution is -2.20. The molecule has 13 heavy (non-hydrogen) atoms. The van der Waals surface area contributed by atoms with Gasteiger partial charge in [0.05, 0.1) is 18.8 Å². The molecule has 0 aliphatic heterocycles. The first-order chi connectivity index (χ1) is 5.70. The highest BCUT2D eigenvalue weighted by Crippen LogP contribution is 2.06. The lowest BCUT2D eigenvalue weighted by Gasteiger charge is -2.16. The molecule has 0 amide bonds. The number of hydrogen-bond acceptors (Lipinski definition) is 4. The first kappa shape index (κ1) is 15.3. The minimum Gasteiger partial charge on any atom is -0.393 e. The molecule has 0 radical (unpaired) electrons. The Morgan fingerprint density at radius 2 is 1.92 bits per heavy atom. The van der Waals surface area contributed by atoms with Gasteiger partial charge < -0.3 is 9.84 Å². The summed E-state index contributed by atoms with van der Waals surface area (Å²) in [5.74, 6) is 0. The average molecular weight is 194 g/mol. The van der Waals surface area contributed by atoms with E-state index in [9.17, 15) is 0 Å². The average Bonchev–Trinajstić information content (AvgIpc) is 2.02. The van der Waals surface area contributed by atoms with Crippen molar-refractivity contribution in [3.8, 4) is 0 Å². The van der Waals surface area contributed by atoms with Crippen LogP contribution in [0.2, 0.25) is 0 Å². The molecule has 82 valence electrons. The van der Waals surface area contributed by atoms with Gasteiger partial charge >= 0.3 is 0 Å². The van der Waals surface area contributed by atoms with E-state index in [1.54, 1.807) is 6.92 Å². The Labute approximate surface area is 80.4 Å². The van der Waals surface area contributed by atoms with Gasteiger partial charge in [-0.2, -0.15) is 0 Å². The number of hydrogen-bond donors (Lipinski definition) is 2. The van der Waals surface area contributed by atoms with Crippen molar-refractivity contribution in [3.63, 3.8) is 0 Å². The van der Waals surface area contributed by atoms with Gasteiger partial charge in [-0.25, -0.2) is 4.89 Å². The fourth-order valence-corrected chi connectivity index (χ4v) is 0.985. The zero-order chi connectivity index (χ0) is 9.40. The van der Waals surface area contributed by atoms with Gasteiger partial charge in [-0.3, -0.25) is 5.26 Å². The van der Waals surface area contributed by atoms with Gasteiger partial charge in [0.25, 0.3) is 0 Å². The van der Waals surface area contributed by atoms with Crippen LogP contribution in [0.3, 0.4) is 0 Å². The molecule has 0 saturated carbocycles. The Kier molecular flexibility index (Phi) is 11.7. The highest BCUT2D eigenvalue weighted by Gasteiger charge is 2.09. The maximum atomic E-state index is 9.05. The highest BCUT2D eigenvalue weighted by atomic mass is 17.1. The highest BCUT2D eigenvalue weighted by molar-refractivity contribution is 4.59. The van der Waals surface area contributed by atoms with E-state index in [0.29, 0.717) is 13.0 Å². The second-order valence-corrected chi connectivity index (χ2v) is 2.82. The summed E-state index contributed by atoms with van der Waals surface area (Å²) < 4.78 is 5.30. The van der Waals surface area contributed by atoms with Crippen molar-refractivity contribution in [2.24, 2.45) is 0 Å². The van der Waals surface area contributed by atoms with Gasteiger partial charge in [0, 0.05) is 0 Å². The van der Waals surface area contributed by atoms with Crippen molar-refractivity contribution in [3.05, 3.63) is 0 Å². The van der Waals surface area contributed by atoms with Gasteiger partial charge in [0.15, 0.2) is 0 Å². The number of ether oxygens (including phenoxy) is 1. The van der Waals surface area contributed by atoms with Crippen LogP contribution in [0, 0.1) is 0 Å². The monoisotopic (exact) mass is 194 g/mol. The smallest absolute Gasteiger partial charge is 0.105 e. The predicted molar refractivity (Wildman–Crippen MR) is 51.6 cm³/mol. The van der Waals surface area contributed by atoms with Crippen molar-refractivity contribution < 1.29 is 20.0 Å². The second kappa shape index (κ2) is 9.92. The van der Waals surface area contributed by atoms with Crippen molar-refractivity contribution in [2.45, 2.75) is 46.3 Å². The van der Waals surface area contributed by atoms with E-state index in [0.717, 1.165) is 6.42 Å². The van der Waals surface area contributed by atoms with Crippen LogP contribution in [0.25, 0.3) is 0 Å². The third kappa shape index (κ3) is 9.76. The quantitative estimate of drug-likeness (QED) is 0.368. The molecule has 0 aliphatic carbocycles. The van der Waals surface area contributed by atoms with Crippen LogP contribution in [0.15, 0.2) is 0 Å². The minimum atomic E-state index is -0.343. The summed E-state index contributed by atoms with van der Waals surface area (Å²) in [5.41, 5.74) is 0. The second-order valence-electron chi connectivity index (χ2n) is 2.82. The summed E-state index contributed by atoms with van der Waals surface area (Å²) in [7, 11) is 0. The van der Waals surface area contributed by atoms with Gasteiger partial charge in [-0.15, -0.1) is 0 Å². The molecule has 0 spiro atoms.